The van der Waals surface area contributed by atoms with Gasteiger partial charge >= 0.3 is 0 Å². The molecule has 0 radical (unpaired) electrons. The van der Waals surface area contributed by atoms with Crippen molar-refractivity contribution in [2.45, 2.75) is 31.8 Å². The normalized spacial score (nSPS) is 21.8. The molecule has 2 aliphatic rings. The summed E-state index contributed by atoms with van der Waals surface area (Å²) >= 11 is 0. The number of amides is 1. The van der Waals surface area contributed by atoms with Gasteiger partial charge in [-0.25, -0.2) is 0 Å². The molecule has 4 rings (SSSR count). The monoisotopic (exact) mass is 326 g/mol. The van der Waals surface area contributed by atoms with Crippen molar-refractivity contribution in [3.8, 4) is 0 Å². The van der Waals surface area contributed by atoms with Crippen LogP contribution in [0.1, 0.15) is 24.8 Å². The molecule has 0 atom stereocenters. The summed E-state index contributed by atoms with van der Waals surface area (Å²) in [5, 5.41) is 4.32. The molecule has 0 unspecified atom stereocenters. The number of piperidine rings is 1. The number of aromatic amines is 1. The van der Waals surface area contributed by atoms with Crippen LogP contribution >= 0.6 is 0 Å². The Hall–Kier alpha value is -1.85. The van der Waals surface area contributed by atoms with Gasteiger partial charge in [0.05, 0.1) is 0 Å². The number of carbonyl (C=O) groups excluding carboxylic acids is 1. The summed E-state index contributed by atoms with van der Waals surface area (Å²) in [4.78, 5) is 19.9. The number of nitrogens with zero attached hydrogens (tertiary/aromatic N) is 2. The van der Waals surface area contributed by atoms with Gasteiger partial charge in [0.1, 0.15) is 0 Å². The van der Waals surface area contributed by atoms with Crippen LogP contribution in [-0.4, -0.2) is 59.5 Å². The van der Waals surface area contributed by atoms with Crippen molar-refractivity contribution in [3.05, 3.63) is 36.0 Å². The number of hydrogen-bond donors (Lipinski definition) is 2. The Bertz CT molecular complexity index is 702. The maximum atomic E-state index is 11.5. The maximum Gasteiger partial charge on any atom is 0.221 e. The van der Waals surface area contributed by atoms with Crippen LogP contribution in [0, 0.1) is 0 Å². The number of likely N-dealkylation sites (tertiary alicyclic amines) is 1. The lowest BCUT2D eigenvalue weighted by atomic mass is 10.0. The molecule has 0 saturated carbocycles. The second-order valence-corrected chi connectivity index (χ2v) is 7.00. The SMILES string of the molecule is O=C1CCN(C2CCN(Cc3cccc4[nH]ccc34)CC2)CCN1. The molecule has 5 nitrogen and oxygen atoms in total. The average Bonchev–Trinajstić information content (AvgIpc) is 2.98. The van der Waals surface area contributed by atoms with Gasteiger partial charge in [-0.3, -0.25) is 14.6 Å². The highest BCUT2D eigenvalue weighted by molar-refractivity contribution is 5.82. The lowest BCUT2D eigenvalue weighted by molar-refractivity contribution is -0.120. The van der Waals surface area contributed by atoms with E-state index in [0.717, 1.165) is 39.3 Å². The van der Waals surface area contributed by atoms with Crippen LogP contribution < -0.4 is 5.32 Å². The summed E-state index contributed by atoms with van der Waals surface area (Å²) < 4.78 is 0. The molecule has 0 aliphatic carbocycles. The number of aromatic nitrogens is 1. The average molecular weight is 326 g/mol. The van der Waals surface area contributed by atoms with Crippen LogP contribution in [0.5, 0.6) is 0 Å². The van der Waals surface area contributed by atoms with E-state index in [1.807, 2.05) is 6.20 Å². The fraction of sp³-hybridized carbons (Fsp3) is 0.526. The first-order valence-electron chi connectivity index (χ1n) is 9.08. The molecular weight excluding hydrogens is 300 g/mol. The molecule has 1 amide bonds. The summed E-state index contributed by atoms with van der Waals surface area (Å²) in [5.74, 6) is 0.203. The zero-order valence-electron chi connectivity index (χ0n) is 14.1. The van der Waals surface area contributed by atoms with Gasteiger partial charge in [-0.15, -0.1) is 0 Å². The van der Waals surface area contributed by atoms with Crippen LogP contribution in [0.3, 0.4) is 0 Å². The van der Waals surface area contributed by atoms with Crippen LogP contribution in [0.15, 0.2) is 30.5 Å². The van der Waals surface area contributed by atoms with Crippen molar-refractivity contribution in [1.82, 2.24) is 20.1 Å². The molecule has 2 aliphatic heterocycles. The zero-order chi connectivity index (χ0) is 16.4. The van der Waals surface area contributed by atoms with Crippen molar-refractivity contribution in [2.24, 2.45) is 0 Å². The van der Waals surface area contributed by atoms with Crippen LogP contribution in [-0.2, 0) is 11.3 Å². The Labute approximate surface area is 143 Å². The van der Waals surface area contributed by atoms with Crippen molar-refractivity contribution in [3.63, 3.8) is 0 Å². The molecule has 3 heterocycles. The Kier molecular flexibility index (Phi) is 4.54. The summed E-state index contributed by atoms with van der Waals surface area (Å²) in [6.07, 6.45) is 5.08. The van der Waals surface area contributed by atoms with E-state index in [9.17, 15) is 4.79 Å². The van der Waals surface area contributed by atoms with E-state index < -0.39 is 0 Å². The summed E-state index contributed by atoms with van der Waals surface area (Å²) in [6.45, 7) is 6.03. The van der Waals surface area contributed by atoms with E-state index in [1.165, 1.54) is 29.3 Å². The maximum absolute atomic E-state index is 11.5. The van der Waals surface area contributed by atoms with Gasteiger partial charge in [-0.1, -0.05) is 12.1 Å². The van der Waals surface area contributed by atoms with Gasteiger partial charge in [0, 0.05) is 55.7 Å². The largest absolute Gasteiger partial charge is 0.361 e. The fourth-order valence-corrected chi connectivity index (χ4v) is 4.12. The van der Waals surface area contributed by atoms with E-state index in [-0.39, 0.29) is 5.91 Å². The third-order valence-electron chi connectivity index (χ3n) is 5.50. The molecule has 1 aromatic heterocycles. The molecule has 0 bridgehead atoms. The molecule has 24 heavy (non-hydrogen) atoms. The summed E-state index contributed by atoms with van der Waals surface area (Å²) in [7, 11) is 0. The molecule has 128 valence electrons. The van der Waals surface area contributed by atoms with Crippen molar-refractivity contribution >= 4 is 16.8 Å². The summed E-state index contributed by atoms with van der Waals surface area (Å²) in [6, 6.07) is 9.34. The number of nitrogens with one attached hydrogen (secondary N) is 2. The topological polar surface area (TPSA) is 51.4 Å². The molecule has 2 saturated heterocycles. The second-order valence-electron chi connectivity index (χ2n) is 7.00. The van der Waals surface area contributed by atoms with Gasteiger partial charge in [0.15, 0.2) is 0 Å². The van der Waals surface area contributed by atoms with Crippen molar-refractivity contribution in [1.29, 1.82) is 0 Å². The minimum Gasteiger partial charge on any atom is -0.361 e. The van der Waals surface area contributed by atoms with Crippen LogP contribution in [0.25, 0.3) is 10.9 Å². The molecule has 2 aromatic rings. The Balaban J connectivity index is 1.34. The molecule has 2 fully saturated rings. The zero-order valence-corrected chi connectivity index (χ0v) is 14.1. The fourth-order valence-electron chi connectivity index (χ4n) is 4.12. The van der Waals surface area contributed by atoms with Gasteiger partial charge < -0.3 is 10.3 Å². The third-order valence-corrected chi connectivity index (χ3v) is 5.50. The highest BCUT2D eigenvalue weighted by Gasteiger charge is 2.26. The van der Waals surface area contributed by atoms with E-state index >= 15 is 0 Å². The lowest BCUT2D eigenvalue weighted by Crippen LogP contribution is -2.45. The highest BCUT2D eigenvalue weighted by atomic mass is 16.1. The number of carbonyl (C=O) groups is 1. The van der Waals surface area contributed by atoms with Crippen molar-refractivity contribution < 1.29 is 4.79 Å². The second kappa shape index (κ2) is 6.95. The molecule has 1 aromatic carbocycles. The lowest BCUT2D eigenvalue weighted by Gasteiger charge is -2.38. The van der Waals surface area contributed by atoms with Crippen LogP contribution in [0.4, 0.5) is 0 Å². The van der Waals surface area contributed by atoms with Crippen molar-refractivity contribution in [2.75, 3.05) is 32.7 Å². The Morgan fingerprint density at radius 1 is 1.08 bits per heavy atom. The van der Waals surface area contributed by atoms with Gasteiger partial charge in [-0.05, 0) is 43.6 Å². The molecule has 0 spiro atoms. The first-order valence-corrected chi connectivity index (χ1v) is 9.08. The van der Waals surface area contributed by atoms with Gasteiger partial charge in [0.2, 0.25) is 5.91 Å². The third kappa shape index (κ3) is 3.32. The number of hydrogen-bond acceptors (Lipinski definition) is 3. The predicted molar refractivity (Wildman–Crippen MR) is 95.8 cm³/mol. The smallest absolute Gasteiger partial charge is 0.221 e. The highest BCUT2D eigenvalue weighted by Crippen LogP contribution is 2.23. The van der Waals surface area contributed by atoms with E-state index in [2.05, 4.69) is 44.4 Å². The van der Waals surface area contributed by atoms with Crippen LogP contribution in [0.2, 0.25) is 0 Å². The van der Waals surface area contributed by atoms with E-state index in [4.69, 9.17) is 0 Å². The van der Waals surface area contributed by atoms with Gasteiger partial charge in [0.25, 0.3) is 0 Å². The minimum absolute atomic E-state index is 0.203. The predicted octanol–water partition coefficient (Wildman–Crippen LogP) is 1.95. The molecular formula is C19H26N4O. The first kappa shape index (κ1) is 15.7. The Morgan fingerprint density at radius 2 is 1.96 bits per heavy atom. The number of H-pyrrole nitrogens is 1. The van der Waals surface area contributed by atoms with Gasteiger partial charge in [-0.2, -0.15) is 0 Å². The first-order chi connectivity index (χ1) is 11.8. The van der Waals surface area contributed by atoms with E-state index in [1.54, 1.807) is 0 Å². The number of fused-ring (bicyclic) bond motifs is 1. The van der Waals surface area contributed by atoms with E-state index in [0.29, 0.717) is 12.5 Å². The molecule has 2 N–H and O–H groups in total. The number of rotatable bonds is 3. The minimum atomic E-state index is 0.203. The Morgan fingerprint density at radius 3 is 2.83 bits per heavy atom. The molecule has 5 heteroatoms. The quantitative estimate of drug-likeness (QED) is 0.906. The standard InChI is InChI=1S/C19H26N4O/c24-19-7-12-23(13-9-21-19)16-5-10-22(11-6-16)14-15-2-1-3-18-17(15)4-8-20-18/h1-4,8,16,20H,5-7,9-14H2,(H,21,24). The summed E-state index contributed by atoms with van der Waals surface area (Å²) in [5.41, 5.74) is 2.64. The number of benzene rings is 1.